The predicted molar refractivity (Wildman–Crippen MR) is 166 cm³/mol. The lowest BCUT2D eigenvalue weighted by atomic mass is 10.1. The molecule has 206 valence electrons. The monoisotopic (exact) mass is 552 g/mol. The van der Waals surface area contributed by atoms with Gasteiger partial charge in [-0.25, -0.2) is 4.79 Å². The third kappa shape index (κ3) is 5.64. The summed E-state index contributed by atoms with van der Waals surface area (Å²) in [4.78, 5) is 27.5. The summed E-state index contributed by atoms with van der Waals surface area (Å²) >= 11 is 0. The van der Waals surface area contributed by atoms with Gasteiger partial charge in [-0.05, 0) is 85.3 Å². The van der Waals surface area contributed by atoms with Crippen LogP contribution in [-0.2, 0) is 9.53 Å². The van der Waals surface area contributed by atoms with Crippen molar-refractivity contribution in [3.63, 3.8) is 0 Å². The Labute approximate surface area is 244 Å². The molecule has 42 heavy (non-hydrogen) atoms. The van der Waals surface area contributed by atoms with Crippen molar-refractivity contribution in [1.29, 1.82) is 0 Å². The fourth-order valence-corrected chi connectivity index (χ4v) is 4.80. The van der Waals surface area contributed by atoms with Crippen molar-refractivity contribution in [2.45, 2.75) is 6.92 Å². The number of benzene rings is 4. The van der Waals surface area contributed by atoms with E-state index in [9.17, 15) is 9.59 Å². The van der Waals surface area contributed by atoms with Crippen LogP contribution in [0.15, 0.2) is 137 Å². The minimum Gasteiger partial charge on any atom is -0.462 e. The van der Waals surface area contributed by atoms with Crippen molar-refractivity contribution in [2.75, 3.05) is 16.8 Å². The Morgan fingerprint density at radius 1 is 0.786 bits per heavy atom. The molecule has 1 amide bonds. The third-order valence-corrected chi connectivity index (χ3v) is 6.85. The molecule has 6 heteroatoms. The summed E-state index contributed by atoms with van der Waals surface area (Å²) in [6.07, 6.45) is 3.65. The van der Waals surface area contributed by atoms with Crippen LogP contribution in [0.25, 0.3) is 23.1 Å². The topological polar surface area (TPSA) is 71.8 Å². The van der Waals surface area contributed by atoms with Gasteiger partial charge in [0.05, 0.1) is 17.9 Å². The van der Waals surface area contributed by atoms with Crippen molar-refractivity contribution in [3.8, 4) is 11.3 Å². The van der Waals surface area contributed by atoms with E-state index in [1.54, 1.807) is 30.0 Å². The molecule has 0 aliphatic carbocycles. The normalized spacial score (nSPS) is 13.7. The smallest absolute Gasteiger partial charge is 0.338 e. The maximum absolute atomic E-state index is 13.8. The quantitative estimate of drug-likeness (QED) is 0.155. The van der Waals surface area contributed by atoms with Crippen LogP contribution >= 0.6 is 0 Å². The molecule has 0 fully saturated rings. The summed E-state index contributed by atoms with van der Waals surface area (Å²) < 4.78 is 11.1. The first-order chi connectivity index (χ1) is 20.6. The number of para-hydroxylation sites is 1. The summed E-state index contributed by atoms with van der Waals surface area (Å²) in [5, 5.41) is 3.38. The van der Waals surface area contributed by atoms with Gasteiger partial charge >= 0.3 is 5.97 Å². The number of anilines is 3. The third-order valence-electron chi connectivity index (χ3n) is 6.85. The van der Waals surface area contributed by atoms with Crippen LogP contribution < -0.4 is 10.2 Å². The van der Waals surface area contributed by atoms with Gasteiger partial charge in [-0.1, -0.05) is 60.7 Å². The van der Waals surface area contributed by atoms with Gasteiger partial charge in [0.15, 0.2) is 0 Å². The van der Waals surface area contributed by atoms with E-state index < -0.39 is 0 Å². The average molecular weight is 553 g/mol. The Morgan fingerprint density at radius 3 is 2.14 bits per heavy atom. The number of rotatable bonds is 8. The number of ether oxygens (including phenoxy) is 1. The SMILES string of the molecule is CCOC(=O)c1ccc(-c2ccc(/C=C3\C=C(c4ccccc4)N(c4ccc(Nc5ccccc5)cc4)C3=O)o2)cc1. The molecular formula is C36H28N2O4. The maximum Gasteiger partial charge on any atom is 0.338 e. The Hall–Kier alpha value is -5.62. The first-order valence-electron chi connectivity index (χ1n) is 13.7. The number of hydrogen-bond donors (Lipinski definition) is 1. The van der Waals surface area contributed by atoms with Gasteiger partial charge in [-0.2, -0.15) is 0 Å². The standard InChI is InChI=1S/C36H28N2O4/c1-2-41-36(40)27-15-13-26(14-16-27)34-22-21-32(42-34)23-28-24-33(25-9-5-3-6-10-25)38(35(28)39)31-19-17-30(18-20-31)37-29-11-7-4-8-12-29/h3-24,37H,2H2,1H3/b28-23+. The molecular weight excluding hydrogens is 524 g/mol. The molecule has 6 nitrogen and oxygen atoms in total. The highest BCUT2D eigenvalue weighted by atomic mass is 16.5. The Balaban J connectivity index is 1.27. The van der Waals surface area contributed by atoms with Gasteiger partial charge in [0.1, 0.15) is 11.5 Å². The molecule has 4 aromatic carbocycles. The average Bonchev–Trinajstić information content (AvgIpc) is 3.63. The maximum atomic E-state index is 13.8. The first-order valence-corrected chi connectivity index (χ1v) is 13.7. The van der Waals surface area contributed by atoms with Crippen molar-refractivity contribution >= 4 is 40.7 Å². The second-order valence-corrected chi connectivity index (χ2v) is 9.67. The zero-order chi connectivity index (χ0) is 28.9. The Kier molecular flexibility index (Phi) is 7.51. The first kappa shape index (κ1) is 26.6. The van der Waals surface area contributed by atoms with Crippen LogP contribution in [0.3, 0.4) is 0 Å². The largest absolute Gasteiger partial charge is 0.462 e. The van der Waals surface area contributed by atoms with Gasteiger partial charge in [-0.3, -0.25) is 9.69 Å². The van der Waals surface area contributed by atoms with Crippen LogP contribution in [0.5, 0.6) is 0 Å². The van der Waals surface area contributed by atoms with E-state index in [-0.39, 0.29) is 11.9 Å². The molecule has 5 aromatic rings. The van der Waals surface area contributed by atoms with Crippen LogP contribution in [-0.4, -0.2) is 18.5 Å². The zero-order valence-electron chi connectivity index (χ0n) is 23.0. The summed E-state index contributed by atoms with van der Waals surface area (Å²) in [5.74, 6) is 0.680. The molecule has 1 aromatic heterocycles. The summed E-state index contributed by atoms with van der Waals surface area (Å²) in [6, 6.07) is 38.3. The predicted octanol–water partition coefficient (Wildman–Crippen LogP) is 8.34. The number of carbonyl (C=O) groups is 2. The number of hydrogen-bond acceptors (Lipinski definition) is 5. The van der Waals surface area contributed by atoms with Crippen molar-refractivity contribution in [1.82, 2.24) is 0 Å². The summed E-state index contributed by atoms with van der Waals surface area (Å²) in [6.45, 7) is 2.10. The number of nitrogens with one attached hydrogen (secondary N) is 1. The van der Waals surface area contributed by atoms with E-state index in [1.807, 2.05) is 115 Å². The Morgan fingerprint density at radius 2 is 1.45 bits per heavy atom. The lowest BCUT2D eigenvalue weighted by Crippen LogP contribution is -2.24. The van der Waals surface area contributed by atoms with E-state index in [0.717, 1.165) is 33.9 Å². The van der Waals surface area contributed by atoms with Gasteiger partial charge < -0.3 is 14.5 Å². The van der Waals surface area contributed by atoms with Crippen LogP contribution in [0.2, 0.25) is 0 Å². The van der Waals surface area contributed by atoms with Crippen LogP contribution in [0.1, 0.15) is 28.6 Å². The molecule has 2 heterocycles. The van der Waals surface area contributed by atoms with Gasteiger partial charge in [0.25, 0.3) is 5.91 Å². The van der Waals surface area contributed by atoms with Crippen LogP contribution in [0, 0.1) is 0 Å². The second kappa shape index (κ2) is 11.9. The Bertz CT molecular complexity index is 1770. The molecule has 0 spiro atoms. The molecule has 0 bridgehead atoms. The highest BCUT2D eigenvalue weighted by Gasteiger charge is 2.30. The molecule has 1 aliphatic heterocycles. The van der Waals surface area contributed by atoms with E-state index in [4.69, 9.17) is 9.15 Å². The van der Waals surface area contributed by atoms with E-state index in [2.05, 4.69) is 5.32 Å². The number of furan rings is 1. The molecule has 0 saturated heterocycles. The molecule has 6 rings (SSSR count). The zero-order valence-corrected chi connectivity index (χ0v) is 23.0. The second-order valence-electron chi connectivity index (χ2n) is 9.67. The van der Waals surface area contributed by atoms with E-state index in [1.165, 1.54) is 0 Å². The number of carbonyl (C=O) groups excluding carboxylic acids is 2. The van der Waals surface area contributed by atoms with E-state index >= 15 is 0 Å². The van der Waals surface area contributed by atoms with Crippen molar-refractivity contribution in [3.05, 3.63) is 150 Å². The molecule has 0 radical (unpaired) electrons. The molecule has 0 saturated carbocycles. The molecule has 1 aliphatic rings. The molecule has 0 unspecified atom stereocenters. The highest BCUT2D eigenvalue weighted by Crippen LogP contribution is 2.36. The van der Waals surface area contributed by atoms with E-state index in [0.29, 0.717) is 29.3 Å². The van der Waals surface area contributed by atoms with Gasteiger partial charge in [-0.15, -0.1) is 0 Å². The molecule has 0 atom stereocenters. The number of esters is 1. The highest BCUT2D eigenvalue weighted by molar-refractivity contribution is 6.23. The summed E-state index contributed by atoms with van der Waals surface area (Å²) in [5.41, 5.74) is 6.21. The number of nitrogens with zero attached hydrogens (tertiary/aromatic N) is 1. The number of amides is 1. The minimum absolute atomic E-state index is 0.144. The van der Waals surface area contributed by atoms with Gasteiger partial charge in [0, 0.05) is 28.2 Å². The van der Waals surface area contributed by atoms with Crippen molar-refractivity contribution in [2.24, 2.45) is 0 Å². The van der Waals surface area contributed by atoms with Gasteiger partial charge in [0.2, 0.25) is 0 Å². The lowest BCUT2D eigenvalue weighted by molar-refractivity contribution is -0.113. The lowest BCUT2D eigenvalue weighted by Gasteiger charge is -2.21. The van der Waals surface area contributed by atoms with Crippen LogP contribution in [0.4, 0.5) is 17.1 Å². The fraction of sp³-hybridized carbons (Fsp3) is 0.0556. The fourth-order valence-electron chi connectivity index (χ4n) is 4.80. The summed E-state index contributed by atoms with van der Waals surface area (Å²) in [7, 11) is 0. The minimum atomic E-state index is -0.360. The van der Waals surface area contributed by atoms with Crippen molar-refractivity contribution < 1.29 is 18.7 Å². The molecule has 1 N–H and O–H groups in total.